The van der Waals surface area contributed by atoms with Gasteiger partial charge in [-0.3, -0.25) is 9.36 Å². The standard InChI is InChI=1S/C21H23N3O2S/c1-13-9-15(3)18(10-14(13)2)19(25)12-27-21-23-22-20(16-6-7-16)24(21)11-17-5-4-8-26-17/h4-5,8-10,16H,6-7,11-12H2,1-3H3. The SMILES string of the molecule is Cc1cc(C)c(C(=O)CSc2nnc(C3CC3)n2Cc2ccco2)cc1C. The molecule has 0 unspecified atom stereocenters. The number of carbonyl (C=O) groups is 1. The maximum Gasteiger partial charge on any atom is 0.192 e. The number of hydrogen-bond acceptors (Lipinski definition) is 5. The summed E-state index contributed by atoms with van der Waals surface area (Å²) in [4.78, 5) is 12.8. The summed E-state index contributed by atoms with van der Waals surface area (Å²) in [5.74, 6) is 2.84. The maximum atomic E-state index is 12.8. The fraction of sp³-hybridized carbons (Fsp3) is 0.381. The highest BCUT2D eigenvalue weighted by atomic mass is 32.2. The molecule has 6 heteroatoms. The molecule has 1 saturated carbocycles. The molecule has 0 atom stereocenters. The van der Waals surface area contributed by atoms with Gasteiger partial charge in [0, 0.05) is 11.5 Å². The molecule has 1 aliphatic rings. The molecule has 3 aromatic rings. The summed E-state index contributed by atoms with van der Waals surface area (Å²) >= 11 is 1.45. The van der Waals surface area contributed by atoms with Gasteiger partial charge in [0.05, 0.1) is 18.6 Å². The van der Waals surface area contributed by atoms with Gasteiger partial charge in [-0.05, 0) is 68.5 Å². The third-order valence-corrected chi connectivity index (χ3v) is 6.02. The first-order chi connectivity index (χ1) is 13.0. The van der Waals surface area contributed by atoms with Crippen LogP contribution in [0.5, 0.6) is 0 Å². The van der Waals surface area contributed by atoms with Gasteiger partial charge in [0.2, 0.25) is 0 Å². The van der Waals surface area contributed by atoms with Crippen LogP contribution in [-0.4, -0.2) is 26.3 Å². The van der Waals surface area contributed by atoms with Gasteiger partial charge in [0.1, 0.15) is 11.6 Å². The highest BCUT2D eigenvalue weighted by molar-refractivity contribution is 7.99. The molecular weight excluding hydrogens is 358 g/mol. The highest BCUT2D eigenvalue weighted by Gasteiger charge is 2.31. The van der Waals surface area contributed by atoms with E-state index in [1.54, 1.807) is 6.26 Å². The lowest BCUT2D eigenvalue weighted by Crippen LogP contribution is -2.09. The number of carbonyl (C=O) groups excluding carboxylic acids is 1. The van der Waals surface area contributed by atoms with Crippen molar-refractivity contribution in [3.63, 3.8) is 0 Å². The molecule has 0 spiro atoms. The molecule has 0 aliphatic heterocycles. The van der Waals surface area contributed by atoms with E-state index in [2.05, 4.69) is 27.8 Å². The lowest BCUT2D eigenvalue weighted by atomic mass is 9.99. The summed E-state index contributed by atoms with van der Waals surface area (Å²) in [5, 5.41) is 9.53. The summed E-state index contributed by atoms with van der Waals surface area (Å²) in [6.45, 7) is 6.71. The van der Waals surface area contributed by atoms with Crippen LogP contribution in [0.4, 0.5) is 0 Å². The van der Waals surface area contributed by atoms with Crippen LogP contribution in [-0.2, 0) is 6.54 Å². The quantitative estimate of drug-likeness (QED) is 0.439. The number of hydrogen-bond donors (Lipinski definition) is 0. The second-order valence-corrected chi connectivity index (χ2v) is 8.19. The van der Waals surface area contributed by atoms with Crippen LogP contribution < -0.4 is 0 Å². The minimum absolute atomic E-state index is 0.126. The van der Waals surface area contributed by atoms with E-state index in [0.717, 1.165) is 46.3 Å². The summed E-state index contributed by atoms with van der Waals surface area (Å²) < 4.78 is 7.60. The number of furan rings is 1. The van der Waals surface area contributed by atoms with Crippen molar-refractivity contribution in [1.82, 2.24) is 14.8 Å². The topological polar surface area (TPSA) is 60.9 Å². The zero-order valence-corrected chi connectivity index (χ0v) is 16.7. The first-order valence-electron chi connectivity index (χ1n) is 9.22. The molecule has 1 aromatic carbocycles. The first kappa shape index (κ1) is 18.0. The summed E-state index contributed by atoms with van der Waals surface area (Å²) in [7, 11) is 0. The van der Waals surface area contributed by atoms with Crippen molar-refractivity contribution >= 4 is 17.5 Å². The summed E-state index contributed by atoms with van der Waals surface area (Å²) in [6, 6.07) is 7.92. The molecule has 0 bridgehead atoms. The zero-order chi connectivity index (χ0) is 19.0. The van der Waals surface area contributed by atoms with Crippen LogP contribution in [0.3, 0.4) is 0 Å². The minimum atomic E-state index is 0.126. The van der Waals surface area contributed by atoms with Crippen LogP contribution in [0.1, 0.15) is 57.4 Å². The number of nitrogens with zero attached hydrogens (tertiary/aromatic N) is 3. The largest absolute Gasteiger partial charge is 0.467 e. The van der Waals surface area contributed by atoms with Crippen LogP contribution in [0.15, 0.2) is 40.1 Å². The zero-order valence-electron chi connectivity index (χ0n) is 15.9. The van der Waals surface area contributed by atoms with Gasteiger partial charge in [0.25, 0.3) is 0 Å². The van der Waals surface area contributed by atoms with E-state index in [0.29, 0.717) is 18.2 Å². The number of Topliss-reactive ketones (excluding diaryl/α,β-unsaturated/α-hetero) is 1. The van der Waals surface area contributed by atoms with Gasteiger partial charge in [-0.25, -0.2) is 0 Å². The molecule has 0 saturated heterocycles. The van der Waals surface area contributed by atoms with E-state index in [9.17, 15) is 4.79 Å². The molecule has 0 amide bonds. The Hall–Kier alpha value is -2.34. The smallest absolute Gasteiger partial charge is 0.192 e. The number of rotatable bonds is 7. The third-order valence-electron chi connectivity index (χ3n) is 5.06. The summed E-state index contributed by atoms with van der Waals surface area (Å²) in [5.41, 5.74) is 4.18. The fourth-order valence-corrected chi connectivity index (χ4v) is 4.05. The van der Waals surface area contributed by atoms with Crippen LogP contribution in [0, 0.1) is 20.8 Å². The van der Waals surface area contributed by atoms with Crippen molar-refractivity contribution in [1.29, 1.82) is 0 Å². The van der Waals surface area contributed by atoms with E-state index in [1.807, 2.05) is 32.0 Å². The van der Waals surface area contributed by atoms with Gasteiger partial charge >= 0.3 is 0 Å². The molecule has 1 aliphatic carbocycles. The molecule has 2 heterocycles. The number of ketones is 1. The van der Waals surface area contributed by atoms with Crippen LogP contribution in [0.2, 0.25) is 0 Å². The van der Waals surface area contributed by atoms with E-state index >= 15 is 0 Å². The summed E-state index contributed by atoms with van der Waals surface area (Å²) in [6.07, 6.45) is 3.98. The van der Waals surface area contributed by atoms with Gasteiger partial charge < -0.3 is 4.42 Å². The van der Waals surface area contributed by atoms with Crippen molar-refractivity contribution in [3.05, 3.63) is 64.4 Å². The van der Waals surface area contributed by atoms with E-state index < -0.39 is 0 Å². The Kier molecular flexibility index (Phi) is 4.91. The van der Waals surface area contributed by atoms with E-state index in [1.165, 1.54) is 17.3 Å². The van der Waals surface area contributed by atoms with Gasteiger partial charge in [-0.2, -0.15) is 0 Å². The Morgan fingerprint density at radius 1 is 1.19 bits per heavy atom. The Bertz CT molecular complexity index is 972. The molecule has 0 radical (unpaired) electrons. The van der Waals surface area contributed by atoms with E-state index in [-0.39, 0.29) is 5.78 Å². The van der Waals surface area contributed by atoms with Gasteiger partial charge in [0.15, 0.2) is 10.9 Å². The average Bonchev–Trinajstić information content (AvgIpc) is 3.20. The molecule has 27 heavy (non-hydrogen) atoms. The predicted octanol–water partition coefficient (Wildman–Crippen LogP) is 4.70. The Morgan fingerprint density at radius 3 is 2.67 bits per heavy atom. The monoisotopic (exact) mass is 381 g/mol. The average molecular weight is 382 g/mol. The number of aromatic nitrogens is 3. The Labute approximate surface area is 163 Å². The van der Waals surface area contributed by atoms with Crippen molar-refractivity contribution in [2.75, 3.05) is 5.75 Å². The van der Waals surface area contributed by atoms with Crippen LogP contribution in [0.25, 0.3) is 0 Å². The minimum Gasteiger partial charge on any atom is -0.467 e. The van der Waals surface area contributed by atoms with Crippen molar-refractivity contribution < 1.29 is 9.21 Å². The first-order valence-corrected chi connectivity index (χ1v) is 10.2. The molecule has 2 aromatic heterocycles. The second kappa shape index (κ2) is 7.35. The number of benzene rings is 1. The molecule has 140 valence electrons. The normalized spacial score (nSPS) is 13.9. The van der Waals surface area contributed by atoms with E-state index in [4.69, 9.17) is 4.42 Å². The van der Waals surface area contributed by atoms with Crippen molar-refractivity contribution in [2.24, 2.45) is 0 Å². The lowest BCUT2D eigenvalue weighted by molar-refractivity contribution is 0.102. The molecule has 5 nitrogen and oxygen atoms in total. The molecule has 4 rings (SSSR count). The maximum absolute atomic E-state index is 12.8. The predicted molar refractivity (Wildman–Crippen MR) is 106 cm³/mol. The Balaban J connectivity index is 1.53. The Morgan fingerprint density at radius 2 is 1.96 bits per heavy atom. The fourth-order valence-electron chi connectivity index (χ4n) is 3.23. The van der Waals surface area contributed by atoms with Gasteiger partial charge in [-0.1, -0.05) is 17.8 Å². The molecule has 1 fully saturated rings. The second-order valence-electron chi connectivity index (χ2n) is 7.24. The molecule has 0 N–H and O–H groups in total. The lowest BCUT2D eigenvalue weighted by Gasteiger charge is -2.10. The number of aryl methyl sites for hydroxylation is 3. The van der Waals surface area contributed by atoms with Crippen molar-refractivity contribution in [3.8, 4) is 0 Å². The number of thioether (sulfide) groups is 1. The highest BCUT2D eigenvalue weighted by Crippen LogP contribution is 2.40. The van der Waals surface area contributed by atoms with Crippen LogP contribution >= 0.6 is 11.8 Å². The molecular formula is C21H23N3O2S. The third kappa shape index (κ3) is 3.86. The van der Waals surface area contributed by atoms with Crippen molar-refractivity contribution in [2.45, 2.75) is 51.2 Å². The van der Waals surface area contributed by atoms with Gasteiger partial charge in [-0.15, -0.1) is 10.2 Å².